The number of aryl methyl sites for hydroxylation is 1. The summed E-state index contributed by atoms with van der Waals surface area (Å²) in [7, 11) is 0. The molecule has 0 aliphatic rings. The number of nitrogens with one attached hydrogen (secondary N) is 2. The largest absolute Gasteiger partial charge is 0.385 e. The van der Waals surface area contributed by atoms with E-state index in [0.29, 0.717) is 12.1 Å². The summed E-state index contributed by atoms with van der Waals surface area (Å²) in [4.78, 5) is 16.1. The van der Waals surface area contributed by atoms with Gasteiger partial charge in [0.15, 0.2) is 0 Å². The van der Waals surface area contributed by atoms with Crippen LogP contribution in [-0.2, 0) is 6.54 Å². The number of pyridine rings is 1. The highest BCUT2D eigenvalue weighted by molar-refractivity contribution is 5.94. The first-order valence-corrected chi connectivity index (χ1v) is 7.22. The summed E-state index contributed by atoms with van der Waals surface area (Å²) in [5.74, 6) is -0.0584. The lowest BCUT2D eigenvalue weighted by Gasteiger charge is -2.11. The van der Waals surface area contributed by atoms with Gasteiger partial charge in [-0.05, 0) is 54.8 Å². The maximum Gasteiger partial charge on any atom is 0.251 e. The number of hydrogen-bond acceptors (Lipinski definition) is 3. The van der Waals surface area contributed by atoms with Crippen molar-refractivity contribution in [2.75, 3.05) is 11.9 Å². The Balaban J connectivity index is 1.98. The normalized spacial score (nSPS) is 10.2. The monoisotopic (exact) mass is 283 g/mol. The summed E-state index contributed by atoms with van der Waals surface area (Å²) in [5.41, 5.74) is 3.89. The van der Waals surface area contributed by atoms with Gasteiger partial charge >= 0.3 is 0 Å². The number of carbonyl (C=O) groups excluding carboxylic acids is 1. The van der Waals surface area contributed by atoms with Crippen LogP contribution in [0.2, 0.25) is 0 Å². The van der Waals surface area contributed by atoms with Crippen LogP contribution in [0.4, 0.5) is 5.69 Å². The van der Waals surface area contributed by atoms with Crippen molar-refractivity contribution in [1.29, 1.82) is 0 Å². The van der Waals surface area contributed by atoms with E-state index < -0.39 is 0 Å². The quantitative estimate of drug-likeness (QED) is 0.856. The Kier molecular flexibility index (Phi) is 5.32. The van der Waals surface area contributed by atoms with Crippen LogP contribution in [0.3, 0.4) is 0 Å². The number of anilines is 1. The smallest absolute Gasteiger partial charge is 0.251 e. The van der Waals surface area contributed by atoms with Crippen LogP contribution in [-0.4, -0.2) is 17.4 Å². The highest BCUT2D eigenvalue weighted by Gasteiger charge is 2.07. The predicted molar refractivity (Wildman–Crippen MR) is 85.4 cm³/mol. The van der Waals surface area contributed by atoms with Gasteiger partial charge in [0.05, 0.1) is 0 Å². The lowest BCUT2D eigenvalue weighted by Crippen LogP contribution is -2.22. The van der Waals surface area contributed by atoms with Gasteiger partial charge in [-0.1, -0.05) is 6.92 Å². The zero-order valence-corrected chi connectivity index (χ0v) is 12.5. The zero-order valence-electron chi connectivity index (χ0n) is 12.5. The summed E-state index contributed by atoms with van der Waals surface area (Å²) in [6, 6.07) is 9.52. The predicted octanol–water partition coefficient (Wildman–Crippen LogP) is 3.14. The minimum atomic E-state index is -0.0584. The summed E-state index contributed by atoms with van der Waals surface area (Å²) >= 11 is 0. The van der Waals surface area contributed by atoms with Crippen LogP contribution in [0.5, 0.6) is 0 Å². The van der Waals surface area contributed by atoms with Crippen LogP contribution in [0.25, 0.3) is 0 Å². The topological polar surface area (TPSA) is 54.0 Å². The number of hydrogen-bond donors (Lipinski definition) is 2. The first kappa shape index (κ1) is 15.0. The molecule has 2 aromatic rings. The molecule has 110 valence electrons. The van der Waals surface area contributed by atoms with E-state index in [-0.39, 0.29) is 5.91 Å². The molecule has 0 atom stereocenters. The van der Waals surface area contributed by atoms with E-state index in [4.69, 9.17) is 0 Å². The molecule has 0 unspecified atom stereocenters. The molecular weight excluding hydrogens is 262 g/mol. The van der Waals surface area contributed by atoms with Crippen molar-refractivity contribution in [1.82, 2.24) is 10.3 Å². The molecule has 0 radical (unpaired) electrons. The van der Waals surface area contributed by atoms with E-state index in [2.05, 4.69) is 22.5 Å². The molecule has 1 aromatic heterocycles. The second-order valence-electron chi connectivity index (χ2n) is 4.99. The fourth-order valence-corrected chi connectivity index (χ4v) is 2.05. The van der Waals surface area contributed by atoms with Gasteiger partial charge < -0.3 is 10.6 Å². The molecule has 0 saturated heterocycles. The molecule has 0 bridgehead atoms. The Labute approximate surface area is 125 Å². The van der Waals surface area contributed by atoms with Crippen molar-refractivity contribution < 1.29 is 4.79 Å². The van der Waals surface area contributed by atoms with E-state index in [1.807, 2.05) is 37.3 Å². The molecule has 4 heteroatoms. The lowest BCUT2D eigenvalue weighted by atomic mass is 10.1. The number of carbonyl (C=O) groups is 1. The van der Waals surface area contributed by atoms with E-state index >= 15 is 0 Å². The van der Waals surface area contributed by atoms with Gasteiger partial charge in [0.25, 0.3) is 5.91 Å². The van der Waals surface area contributed by atoms with Crippen molar-refractivity contribution in [2.24, 2.45) is 0 Å². The summed E-state index contributed by atoms with van der Waals surface area (Å²) < 4.78 is 0. The molecule has 2 rings (SSSR count). The lowest BCUT2D eigenvalue weighted by molar-refractivity contribution is 0.0951. The number of nitrogens with zero attached hydrogens (tertiary/aromatic N) is 1. The van der Waals surface area contributed by atoms with Crippen LogP contribution >= 0.6 is 0 Å². The molecular formula is C17H21N3O. The van der Waals surface area contributed by atoms with Gasteiger partial charge in [-0.15, -0.1) is 0 Å². The van der Waals surface area contributed by atoms with Gasteiger partial charge in [-0.25, -0.2) is 0 Å². The van der Waals surface area contributed by atoms with E-state index in [1.165, 1.54) is 0 Å². The number of amides is 1. The van der Waals surface area contributed by atoms with Crippen molar-refractivity contribution in [3.63, 3.8) is 0 Å². The molecule has 1 aromatic carbocycles. The highest BCUT2D eigenvalue weighted by Crippen LogP contribution is 2.16. The standard InChI is InChI=1S/C17H21N3O/c1-3-8-19-16-5-4-15(11-13(16)2)17(21)20-12-14-6-9-18-10-7-14/h4-7,9-11,19H,3,8,12H2,1-2H3,(H,20,21). The Hall–Kier alpha value is -2.36. The maximum atomic E-state index is 12.1. The third-order valence-corrected chi connectivity index (χ3v) is 3.26. The van der Waals surface area contributed by atoms with E-state index in [1.54, 1.807) is 12.4 Å². The Morgan fingerprint density at radius 2 is 1.95 bits per heavy atom. The minimum Gasteiger partial charge on any atom is -0.385 e. The maximum absolute atomic E-state index is 12.1. The van der Waals surface area contributed by atoms with Crippen LogP contribution in [0.1, 0.15) is 34.8 Å². The molecule has 0 aliphatic heterocycles. The number of benzene rings is 1. The molecule has 0 saturated carbocycles. The average Bonchev–Trinajstić information content (AvgIpc) is 2.52. The first-order chi connectivity index (χ1) is 10.2. The number of aromatic nitrogens is 1. The molecule has 1 amide bonds. The molecule has 0 fully saturated rings. The second-order valence-corrected chi connectivity index (χ2v) is 4.99. The average molecular weight is 283 g/mol. The molecule has 1 heterocycles. The molecule has 2 N–H and O–H groups in total. The van der Waals surface area contributed by atoms with Crippen molar-refractivity contribution in [3.8, 4) is 0 Å². The van der Waals surface area contributed by atoms with Gasteiger partial charge in [0.1, 0.15) is 0 Å². The number of rotatable bonds is 6. The van der Waals surface area contributed by atoms with Crippen molar-refractivity contribution >= 4 is 11.6 Å². The first-order valence-electron chi connectivity index (χ1n) is 7.22. The molecule has 0 spiro atoms. The highest BCUT2D eigenvalue weighted by atomic mass is 16.1. The molecule has 21 heavy (non-hydrogen) atoms. The minimum absolute atomic E-state index is 0.0584. The van der Waals surface area contributed by atoms with Gasteiger partial charge in [-0.2, -0.15) is 0 Å². The van der Waals surface area contributed by atoms with Gasteiger partial charge in [0, 0.05) is 36.7 Å². The fraction of sp³-hybridized carbons (Fsp3) is 0.294. The zero-order chi connectivity index (χ0) is 15.1. The third kappa shape index (κ3) is 4.31. The van der Waals surface area contributed by atoms with Crippen LogP contribution in [0, 0.1) is 6.92 Å². The van der Waals surface area contributed by atoms with E-state index in [0.717, 1.165) is 29.8 Å². The van der Waals surface area contributed by atoms with Crippen LogP contribution in [0.15, 0.2) is 42.7 Å². The van der Waals surface area contributed by atoms with Gasteiger partial charge in [-0.3, -0.25) is 9.78 Å². The summed E-state index contributed by atoms with van der Waals surface area (Å²) in [5, 5.41) is 6.27. The SMILES string of the molecule is CCCNc1ccc(C(=O)NCc2ccncc2)cc1C. The Morgan fingerprint density at radius 1 is 1.19 bits per heavy atom. The third-order valence-electron chi connectivity index (χ3n) is 3.26. The summed E-state index contributed by atoms with van der Waals surface area (Å²) in [6.07, 6.45) is 4.52. The fourth-order valence-electron chi connectivity index (χ4n) is 2.05. The van der Waals surface area contributed by atoms with Crippen molar-refractivity contribution in [2.45, 2.75) is 26.8 Å². The second kappa shape index (κ2) is 7.43. The van der Waals surface area contributed by atoms with Crippen LogP contribution < -0.4 is 10.6 Å². The Bertz CT molecular complexity index is 596. The Morgan fingerprint density at radius 3 is 2.62 bits per heavy atom. The summed E-state index contributed by atoms with van der Waals surface area (Å²) in [6.45, 7) is 5.59. The molecule has 0 aliphatic carbocycles. The van der Waals surface area contributed by atoms with Gasteiger partial charge in [0.2, 0.25) is 0 Å². The van der Waals surface area contributed by atoms with Crippen molar-refractivity contribution in [3.05, 3.63) is 59.4 Å². The van der Waals surface area contributed by atoms with E-state index in [9.17, 15) is 4.79 Å². The molecule has 4 nitrogen and oxygen atoms in total.